The molecule has 0 aliphatic rings. The molecular formula is C10H10BrNOS2. The molecule has 15 heavy (non-hydrogen) atoms. The van der Waals surface area contributed by atoms with Gasteiger partial charge < -0.3 is 5.73 Å². The highest BCUT2D eigenvalue weighted by Crippen LogP contribution is 2.20. The molecule has 0 saturated carbocycles. The number of ketones is 1. The lowest BCUT2D eigenvalue weighted by atomic mass is 10.2. The van der Waals surface area contributed by atoms with E-state index in [0.29, 0.717) is 6.54 Å². The second kappa shape index (κ2) is 5.55. The normalized spacial score (nSPS) is 9.67. The Morgan fingerprint density at radius 2 is 2.13 bits per heavy atom. The van der Waals surface area contributed by atoms with Gasteiger partial charge in [0.25, 0.3) is 0 Å². The van der Waals surface area contributed by atoms with Gasteiger partial charge in [0.1, 0.15) is 0 Å². The smallest absolute Gasteiger partial charge is 0.203 e. The Kier molecular flexibility index (Phi) is 4.66. The third-order valence-corrected chi connectivity index (χ3v) is 3.66. The second-order valence-electron chi connectivity index (χ2n) is 2.81. The second-order valence-corrected chi connectivity index (χ2v) is 4.76. The summed E-state index contributed by atoms with van der Waals surface area (Å²) >= 11 is 3.00. The molecule has 0 amide bonds. The molecule has 0 spiro atoms. The van der Waals surface area contributed by atoms with Gasteiger partial charge in [-0.1, -0.05) is 0 Å². The predicted molar refractivity (Wildman–Crippen MR) is 70.3 cm³/mol. The van der Waals surface area contributed by atoms with E-state index in [4.69, 9.17) is 5.73 Å². The van der Waals surface area contributed by atoms with E-state index >= 15 is 0 Å². The molecule has 0 aliphatic carbocycles. The van der Waals surface area contributed by atoms with Crippen LogP contribution < -0.4 is 5.73 Å². The summed E-state index contributed by atoms with van der Waals surface area (Å²) in [4.78, 5) is 13.6. The summed E-state index contributed by atoms with van der Waals surface area (Å²) in [5.41, 5.74) is 6.25. The molecule has 0 saturated heterocycles. The number of hydrogen-bond donors (Lipinski definition) is 1. The van der Waals surface area contributed by atoms with Crippen molar-refractivity contribution in [3.05, 3.63) is 44.3 Å². The quantitative estimate of drug-likeness (QED) is 0.886. The standard InChI is InChI=1S/C10H9NOS2.BrH/c11-5-8-1-2-9(14-8)10(12)7-3-4-13-6-7;/h1-4,6H,5,11H2;1H. The highest BCUT2D eigenvalue weighted by atomic mass is 79.9. The van der Waals surface area contributed by atoms with Crippen LogP contribution in [-0.4, -0.2) is 5.78 Å². The molecular weight excluding hydrogens is 294 g/mol. The Balaban J connectivity index is 0.00000112. The lowest BCUT2D eigenvalue weighted by molar-refractivity contribution is 0.104. The SMILES string of the molecule is Br.NCc1ccc(C(=O)c2ccsc2)s1. The summed E-state index contributed by atoms with van der Waals surface area (Å²) in [6.45, 7) is 0.502. The lowest BCUT2D eigenvalue weighted by Gasteiger charge is -1.91. The van der Waals surface area contributed by atoms with Crippen LogP contribution >= 0.6 is 39.7 Å². The molecule has 2 heterocycles. The van der Waals surface area contributed by atoms with Gasteiger partial charge in [-0.3, -0.25) is 4.79 Å². The molecule has 2 aromatic heterocycles. The summed E-state index contributed by atoms with van der Waals surface area (Å²) in [6, 6.07) is 5.59. The van der Waals surface area contributed by atoms with Gasteiger partial charge >= 0.3 is 0 Å². The van der Waals surface area contributed by atoms with Crippen molar-refractivity contribution in [2.75, 3.05) is 0 Å². The molecule has 2 nitrogen and oxygen atoms in total. The number of carbonyl (C=O) groups is 1. The van der Waals surface area contributed by atoms with Gasteiger partial charge in [-0.2, -0.15) is 11.3 Å². The fourth-order valence-electron chi connectivity index (χ4n) is 1.15. The first-order valence-corrected chi connectivity index (χ1v) is 5.93. The summed E-state index contributed by atoms with van der Waals surface area (Å²) in [7, 11) is 0. The van der Waals surface area contributed by atoms with E-state index < -0.39 is 0 Å². The molecule has 0 aliphatic heterocycles. The molecule has 0 aromatic carbocycles. The monoisotopic (exact) mass is 303 g/mol. The minimum Gasteiger partial charge on any atom is -0.326 e. The van der Waals surface area contributed by atoms with Crippen molar-refractivity contribution in [3.8, 4) is 0 Å². The van der Waals surface area contributed by atoms with Crippen LogP contribution in [0.25, 0.3) is 0 Å². The first kappa shape index (κ1) is 12.6. The highest BCUT2D eigenvalue weighted by molar-refractivity contribution is 8.93. The van der Waals surface area contributed by atoms with Gasteiger partial charge in [0.15, 0.2) is 0 Å². The summed E-state index contributed by atoms with van der Waals surface area (Å²) in [5.74, 6) is 0.0935. The maximum atomic E-state index is 11.8. The van der Waals surface area contributed by atoms with Crippen molar-refractivity contribution in [2.24, 2.45) is 5.73 Å². The van der Waals surface area contributed by atoms with Gasteiger partial charge in [-0.05, 0) is 23.6 Å². The first-order chi connectivity index (χ1) is 6.81. The Morgan fingerprint density at radius 3 is 2.67 bits per heavy atom. The topological polar surface area (TPSA) is 43.1 Å². The molecule has 0 fully saturated rings. The molecule has 0 radical (unpaired) electrons. The number of rotatable bonds is 3. The Labute approximate surface area is 107 Å². The third kappa shape index (κ3) is 2.75. The van der Waals surface area contributed by atoms with Crippen LogP contribution in [0, 0.1) is 0 Å². The molecule has 2 N–H and O–H groups in total. The molecule has 0 unspecified atom stereocenters. The summed E-state index contributed by atoms with van der Waals surface area (Å²) in [6.07, 6.45) is 0. The van der Waals surface area contributed by atoms with Gasteiger partial charge in [-0.25, -0.2) is 0 Å². The van der Waals surface area contributed by atoms with Gasteiger partial charge in [0.2, 0.25) is 5.78 Å². The molecule has 2 aromatic rings. The summed E-state index contributed by atoms with van der Waals surface area (Å²) < 4.78 is 0. The lowest BCUT2D eigenvalue weighted by Crippen LogP contribution is -1.95. The van der Waals surface area contributed by atoms with E-state index in [2.05, 4.69) is 0 Å². The Hall–Kier alpha value is -0.490. The van der Waals surface area contributed by atoms with Crippen LogP contribution in [0.5, 0.6) is 0 Å². The Morgan fingerprint density at radius 1 is 1.33 bits per heavy atom. The minimum atomic E-state index is 0. The van der Waals surface area contributed by atoms with Crippen LogP contribution in [0.4, 0.5) is 0 Å². The number of hydrogen-bond acceptors (Lipinski definition) is 4. The van der Waals surface area contributed by atoms with Crippen LogP contribution in [-0.2, 0) is 6.54 Å². The predicted octanol–water partition coefficient (Wildman–Crippen LogP) is 3.08. The van der Waals surface area contributed by atoms with E-state index in [-0.39, 0.29) is 22.8 Å². The fraction of sp³-hybridized carbons (Fsp3) is 0.100. The number of nitrogens with two attached hydrogens (primary N) is 1. The minimum absolute atomic E-state index is 0. The van der Waals surface area contributed by atoms with Gasteiger partial charge in [0.05, 0.1) is 4.88 Å². The van der Waals surface area contributed by atoms with E-state index in [1.165, 1.54) is 22.7 Å². The number of halogens is 1. The average Bonchev–Trinajstić information content (AvgIpc) is 2.88. The fourth-order valence-corrected chi connectivity index (χ4v) is 2.63. The summed E-state index contributed by atoms with van der Waals surface area (Å²) in [5, 5.41) is 3.77. The largest absolute Gasteiger partial charge is 0.326 e. The molecule has 2 rings (SSSR count). The van der Waals surface area contributed by atoms with E-state index in [0.717, 1.165) is 15.3 Å². The zero-order chi connectivity index (χ0) is 9.97. The van der Waals surface area contributed by atoms with Crippen LogP contribution in [0.15, 0.2) is 29.0 Å². The van der Waals surface area contributed by atoms with Crippen molar-refractivity contribution in [1.82, 2.24) is 0 Å². The van der Waals surface area contributed by atoms with Crippen LogP contribution in [0.2, 0.25) is 0 Å². The molecule has 0 bridgehead atoms. The van der Waals surface area contributed by atoms with Crippen LogP contribution in [0.3, 0.4) is 0 Å². The van der Waals surface area contributed by atoms with E-state index in [1.807, 2.05) is 29.0 Å². The highest BCUT2D eigenvalue weighted by Gasteiger charge is 2.11. The third-order valence-electron chi connectivity index (χ3n) is 1.87. The molecule has 80 valence electrons. The Bertz CT molecular complexity index is 436. The van der Waals surface area contributed by atoms with E-state index in [9.17, 15) is 4.79 Å². The molecule has 5 heteroatoms. The van der Waals surface area contributed by atoms with Crippen LogP contribution in [0.1, 0.15) is 20.1 Å². The van der Waals surface area contributed by atoms with Crippen molar-refractivity contribution in [1.29, 1.82) is 0 Å². The first-order valence-electron chi connectivity index (χ1n) is 4.17. The zero-order valence-electron chi connectivity index (χ0n) is 7.80. The van der Waals surface area contributed by atoms with Gasteiger partial charge in [0, 0.05) is 22.4 Å². The van der Waals surface area contributed by atoms with Crippen molar-refractivity contribution in [3.63, 3.8) is 0 Å². The van der Waals surface area contributed by atoms with Gasteiger partial charge in [-0.15, -0.1) is 28.3 Å². The van der Waals surface area contributed by atoms with Crippen molar-refractivity contribution >= 4 is 45.4 Å². The maximum Gasteiger partial charge on any atom is 0.203 e. The van der Waals surface area contributed by atoms with Crippen molar-refractivity contribution < 1.29 is 4.79 Å². The average molecular weight is 304 g/mol. The van der Waals surface area contributed by atoms with E-state index in [1.54, 1.807) is 0 Å². The molecule has 0 atom stereocenters. The van der Waals surface area contributed by atoms with Crippen molar-refractivity contribution in [2.45, 2.75) is 6.54 Å². The number of thiophene rings is 2. The number of carbonyl (C=O) groups excluding carboxylic acids is 1. The maximum absolute atomic E-state index is 11.8. The zero-order valence-corrected chi connectivity index (χ0v) is 11.2.